The quantitative estimate of drug-likeness (QED) is 0.445. The van der Waals surface area contributed by atoms with Crippen molar-refractivity contribution in [3.63, 3.8) is 0 Å². The van der Waals surface area contributed by atoms with Gasteiger partial charge in [0.05, 0.1) is 41.7 Å². The monoisotopic (exact) mass is 494 g/mol. The Morgan fingerprint density at radius 3 is 2.77 bits per heavy atom. The Hall–Kier alpha value is -3.18. The fourth-order valence-corrected chi connectivity index (χ4v) is 5.41. The Kier molecular flexibility index (Phi) is 4.78. The zero-order chi connectivity index (χ0) is 23.7. The molecule has 4 aromatic rings. The second-order valence-electron chi connectivity index (χ2n) is 9.23. The first-order valence-corrected chi connectivity index (χ1v) is 11.9. The molecule has 11 heteroatoms. The molecule has 0 saturated carbocycles. The van der Waals surface area contributed by atoms with Crippen molar-refractivity contribution in [2.24, 2.45) is 7.05 Å². The average Bonchev–Trinajstić information content (AvgIpc) is 3.63. The number of hydrogen-bond donors (Lipinski definition) is 2. The summed E-state index contributed by atoms with van der Waals surface area (Å²) in [6.07, 6.45) is 0.414. The largest absolute Gasteiger partial charge is 0.456 e. The van der Waals surface area contributed by atoms with Crippen molar-refractivity contribution >= 4 is 28.5 Å². The summed E-state index contributed by atoms with van der Waals surface area (Å²) in [5.74, 6) is 0. The molecule has 2 fully saturated rings. The standard InChI is InChI=1S/C24H23ClN6O4/c1-30-7-13-8-31(9-17(13)29-30)14-4-2-12(3-5-14)20-15(25)6-16-23(27-20)28-24(26-16)35-19-11-34-21-18(32)10-33-22(19)21/h2-7,18-19,21-22,32H,8-11H2,1H3,(H,26,27,28)/t18-,19-,21-,22-/m1/s1. The van der Waals surface area contributed by atoms with E-state index >= 15 is 0 Å². The van der Waals surface area contributed by atoms with Gasteiger partial charge in [-0.15, -0.1) is 0 Å². The van der Waals surface area contributed by atoms with Gasteiger partial charge in [-0.1, -0.05) is 23.7 Å². The van der Waals surface area contributed by atoms with Crippen LogP contribution in [0.15, 0.2) is 36.5 Å². The van der Waals surface area contributed by atoms with Crippen LogP contribution in [0.3, 0.4) is 0 Å². The number of anilines is 1. The molecule has 3 aromatic heterocycles. The highest BCUT2D eigenvalue weighted by atomic mass is 35.5. The summed E-state index contributed by atoms with van der Waals surface area (Å²) in [5.41, 5.74) is 6.25. The third-order valence-electron chi connectivity index (χ3n) is 6.85. The molecule has 6 heterocycles. The van der Waals surface area contributed by atoms with Crippen LogP contribution in [-0.4, -0.2) is 67.5 Å². The minimum atomic E-state index is -0.628. The number of aliphatic hydroxyl groups excluding tert-OH is 1. The van der Waals surface area contributed by atoms with Gasteiger partial charge in [-0.05, 0) is 18.2 Å². The van der Waals surface area contributed by atoms with Crippen LogP contribution in [0.2, 0.25) is 5.02 Å². The third-order valence-corrected chi connectivity index (χ3v) is 7.14. The summed E-state index contributed by atoms with van der Waals surface area (Å²) in [5, 5.41) is 15.0. The van der Waals surface area contributed by atoms with Crippen LogP contribution in [0, 0.1) is 0 Å². The predicted molar refractivity (Wildman–Crippen MR) is 127 cm³/mol. The van der Waals surface area contributed by atoms with E-state index in [1.54, 1.807) is 6.07 Å². The number of H-pyrrole nitrogens is 1. The maximum atomic E-state index is 9.93. The SMILES string of the molecule is Cn1cc2c(n1)CN(c1ccc(-c3nc4nc(O[C@@H]5CO[C@H]6[C@@H]5OC[C@H]6O)[nH]c4cc3Cl)cc1)C2. The van der Waals surface area contributed by atoms with Crippen molar-refractivity contribution in [1.29, 1.82) is 0 Å². The highest BCUT2D eigenvalue weighted by Gasteiger charge is 2.48. The van der Waals surface area contributed by atoms with Gasteiger partial charge in [-0.2, -0.15) is 10.1 Å². The van der Waals surface area contributed by atoms with Crippen molar-refractivity contribution in [2.75, 3.05) is 18.1 Å². The van der Waals surface area contributed by atoms with E-state index in [1.165, 1.54) is 5.56 Å². The van der Waals surface area contributed by atoms with E-state index in [0.29, 0.717) is 34.5 Å². The second-order valence-corrected chi connectivity index (χ2v) is 9.64. The number of aromatic amines is 1. The van der Waals surface area contributed by atoms with Gasteiger partial charge in [-0.3, -0.25) is 4.68 Å². The Labute approximate surface area is 205 Å². The van der Waals surface area contributed by atoms with Gasteiger partial charge >= 0.3 is 0 Å². The van der Waals surface area contributed by atoms with Gasteiger partial charge < -0.3 is 29.2 Å². The van der Waals surface area contributed by atoms with Crippen molar-refractivity contribution in [3.8, 4) is 17.3 Å². The van der Waals surface area contributed by atoms with E-state index in [-0.39, 0.29) is 24.9 Å². The van der Waals surface area contributed by atoms with Gasteiger partial charge in [0, 0.05) is 36.6 Å². The molecule has 10 nitrogen and oxygen atoms in total. The van der Waals surface area contributed by atoms with Gasteiger partial charge in [0.15, 0.2) is 11.8 Å². The van der Waals surface area contributed by atoms with E-state index in [0.717, 1.165) is 30.0 Å². The van der Waals surface area contributed by atoms with Crippen LogP contribution in [0.25, 0.3) is 22.4 Å². The number of halogens is 1. The van der Waals surface area contributed by atoms with Crippen LogP contribution in [-0.2, 0) is 29.6 Å². The molecule has 0 amide bonds. The Morgan fingerprint density at radius 2 is 1.94 bits per heavy atom. The fraction of sp³-hybridized carbons (Fsp3) is 0.375. The topological polar surface area (TPSA) is 111 Å². The predicted octanol–water partition coefficient (Wildman–Crippen LogP) is 2.44. The zero-order valence-corrected chi connectivity index (χ0v) is 19.6. The summed E-state index contributed by atoms with van der Waals surface area (Å²) in [6, 6.07) is 10.3. The highest BCUT2D eigenvalue weighted by molar-refractivity contribution is 6.33. The second kappa shape index (κ2) is 7.92. The number of aliphatic hydroxyl groups is 1. The van der Waals surface area contributed by atoms with Crippen molar-refractivity contribution < 1.29 is 19.3 Å². The number of hydrogen-bond acceptors (Lipinski definition) is 8. The number of ether oxygens (including phenoxy) is 3. The van der Waals surface area contributed by atoms with Crippen molar-refractivity contribution in [1.82, 2.24) is 24.7 Å². The molecule has 2 N–H and O–H groups in total. The Balaban J connectivity index is 1.11. The lowest BCUT2D eigenvalue weighted by Gasteiger charge is -2.18. The summed E-state index contributed by atoms with van der Waals surface area (Å²) in [6.45, 7) is 2.22. The molecule has 0 bridgehead atoms. The van der Waals surface area contributed by atoms with Gasteiger partial charge in [0.25, 0.3) is 6.01 Å². The van der Waals surface area contributed by atoms with E-state index in [1.807, 2.05) is 23.9 Å². The van der Waals surface area contributed by atoms with Gasteiger partial charge in [0.2, 0.25) is 0 Å². The number of pyridine rings is 1. The Bertz CT molecular complexity index is 1400. The van der Waals surface area contributed by atoms with Crippen LogP contribution in [0.5, 0.6) is 6.01 Å². The first kappa shape index (κ1) is 21.1. The molecule has 0 radical (unpaired) electrons. The number of nitrogens with one attached hydrogen (secondary N) is 1. The van der Waals surface area contributed by atoms with E-state index in [4.69, 9.17) is 30.8 Å². The molecule has 4 atom stereocenters. The zero-order valence-electron chi connectivity index (χ0n) is 18.9. The van der Waals surface area contributed by atoms with Crippen molar-refractivity contribution in [2.45, 2.75) is 37.5 Å². The minimum Gasteiger partial charge on any atom is -0.456 e. The molecule has 3 aliphatic rings. The maximum Gasteiger partial charge on any atom is 0.296 e. The number of nitrogens with zero attached hydrogens (tertiary/aromatic N) is 5. The number of benzene rings is 1. The molecule has 0 spiro atoms. The Morgan fingerprint density at radius 1 is 1.11 bits per heavy atom. The minimum absolute atomic E-state index is 0.246. The molecule has 1 aromatic carbocycles. The lowest BCUT2D eigenvalue weighted by atomic mass is 10.1. The van der Waals surface area contributed by atoms with Crippen LogP contribution < -0.4 is 9.64 Å². The first-order chi connectivity index (χ1) is 17.0. The van der Waals surface area contributed by atoms with Gasteiger partial charge in [-0.25, -0.2) is 4.98 Å². The number of aryl methyl sites for hydroxylation is 1. The number of rotatable bonds is 4. The molecular formula is C24H23ClN6O4. The first-order valence-electron chi connectivity index (χ1n) is 11.5. The third kappa shape index (κ3) is 3.56. The summed E-state index contributed by atoms with van der Waals surface area (Å²) >= 11 is 6.59. The molecule has 0 aliphatic carbocycles. The summed E-state index contributed by atoms with van der Waals surface area (Å²) in [4.78, 5) is 14.6. The average molecular weight is 495 g/mol. The maximum absolute atomic E-state index is 9.93. The smallest absolute Gasteiger partial charge is 0.296 e. The molecule has 35 heavy (non-hydrogen) atoms. The van der Waals surface area contributed by atoms with Crippen LogP contribution in [0.4, 0.5) is 5.69 Å². The van der Waals surface area contributed by atoms with E-state index in [9.17, 15) is 5.11 Å². The van der Waals surface area contributed by atoms with Crippen LogP contribution in [0.1, 0.15) is 11.3 Å². The number of imidazole rings is 1. The molecular weight excluding hydrogens is 472 g/mol. The highest BCUT2D eigenvalue weighted by Crippen LogP contribution is 2.34. The van der Waals surface area contributed by atoms with E-state index in [2.05, 4.69) is 38.3 Å². The summed E-state index contributed by atoms with van der Waals surface area (Å²) < 4.78 is 19.1. The molecule has 0 unspecified atom stereocenters. The van der Waals surface area contributed by atoms with Gasteiger partial charge in [0.1, 0.15) is 18.3 Å². The fourth-order valence-electron chi connectivity index (χ4n) is 5.15. The molecule has 2 saturated heterocycles. The van der Waals surface area contributed by atoms with Crippen molar-refractivity contribution in [3.05, 3.63) is 52.8 Å². The normalized spacial score (nSPS) is 25.4. The lowest BCUT2D eigenvalue weighted by molar-refractivity contribution is 0.00706. The van der Waals surface area contributed by atoms with E-state index < -0.39 is 6.10 Å². The number of aromatic nitrogens is 5. The molecule has 3 aliphatic heterocycles. The molecule has 7 rings (SSSR count). The van der Waals surface area contributed by atoms with Crippen LogP contribution >= 0.6 is 11.6 Å². The lowest BCUT2D eigenvalue weighted by Crippen LogP contribution is -2.34. The number of fused-ring (bicyclic) bond motifs is 3. The molecule has 180 valence electrons. The summed E-state index contributed by atoms with van der Waals surface area (Å²) in [7, 11) is 1.95.